The quantitative estimate of drug-likeness (QED) is 0.927. The van der Waals surface area contributed by atoms with E-state index in [2.05, 4.69) is 27.4 Å². The van der Waals surface area contributed by atoms with Gasteiger partial charge in [0.1, 0.15) is 5.75 Å². The molecule has 0 unspecified atom stereocenters. The fourth-order valence-electron chi connectivity index (χ4n) is 2.61. The minimum Gasteiger partial charge on any atom is -0.437 e. The Labute approximate surface area is 119 Å². The molecule has 0 radical (unpaired) electrons. The van der Waals surface area contributed by atoms with Gasteiger partial charge in [-0.15, -0.1) is 0 Å². The molecule has 1 aromatic carbocycles. The van der Waals surface area contributed by atoms with Crippen LogP contribution in [0.3, 0.4) is 0 Å². The van der Waals surface area contributed by atoms with E-state index in [-0.39, 0.29) is 0 Å². The fourth-order valence-corrected chi connectivity index (χ4v) is 2.61. The molecule has 20 heavy (non-hydrogen) atoms. The average Bonchev–Trinajstić information content (AvgIpc) is 2.50. The lowest BCUT2D eigenvalue weighted by atomic mass is 9.91. The first-order valence-electron chi connectivity index (χ1n) is 7.14. The van der Waals surface area contributed by atoms with E-state index in [1.807, 2.05) is 12.1 Å². The number of hydrogen-bond donors (Lipinski definition) is 1. The Bertz CT molecular complexity index is 538. The maximum atomic E-state index is 5.72. The Morgan fingerprint density at radius 3 is 2.90 bits per heavy atom. The van der Waals surface area contributed by atoms with Crippen molar-refractivity contribution in [1.29, 1.82) is 0 Å². The molecular weight excluding hydrogens is 250 g/mol. The molecular formula is C16H19N3O. The third kappa shape index (κ3) is 3.54. The molecule has 1 aromatic heterocycles. The standard InChI is InChI=1S/C16H19N3O/c1-2-14(10-13-4-6-17-7-5-13)11-15(3-1)20-16-12-18-8-9-19-16/h1-3,8-9,11-13,17H,4-7,10H2. The number of aromatic nitrogens is 2. The molecule has 104 valence electrons. The van der Waals surface area contributed by atoms with Gasteiger partial charge in [0.15, 0.2) is 0 Å². The first-order chi connectivity index (χ1) is 9.90. The molecule has 1 aliphatic heterocycles. The predicted octanol–water partition coefficient (Wildman–Crippen LogP) is 2.81. The van der Waals surface area contributed by atoms with Crippen molar-refractivity contribution in [3.05, 3.63) is 48.4 Å². The van der Waals surface area contributed by atoms with Crippen molar-refractivity contribution in [2.75, 3.05) is 13.1 Å². The van der Waals surface area contributed by atoms with Crippen LogP contribution in [-0.2, 0) is 6.42 Å². The Morgan fingerprint density at radius 2 is 2.10 bits per heavy atom. The number of nitrogens with zero attached hydrogens (tertiary/aromatic N) is 2. The van der Waals surface area contributed by atoms with Crippen LogP contribution in [0.25, 0.3) is 0 Å². The van der Waals surface area contributed by atoms with Gasteiger partial charge in [-0.05, 0) is 56.0 Å². The molecule has 0 atom stereocenters. The zero-order chi connectivity index (χ0) is 13.6. The lowest BCUT2D eigenvalue weighted by Crippen LogP contribution is -2.28. The number of ether oxygens (including phenoxy) is 1. The van der Waals surface area contributed by atoms with E-state index in [0.29, 0.717) is 5.88 Å². The van der Waals surface area contributed by atoms with Crippen LogP contribution in [-0.4, -0.2) is 23.1 Å². The van der Waals surface area contributed by atoms with Crippen LogP contribution in [0.1, 0.15) is 18.4 Å². The van der Waals surface area contributed by atoms with Crippen LogP contribution >= 0.6 is 0 Å². The van der Waals surface area contributed by atoms with Crippen molar-refractivity contribution in [2.24, 2.45) is 5.92 Å². The second kappa shape index (κ2) is 6.48. The topological polar surface area (TPSA) is 47.0 Å². The van der Waals surface area contributed by atoms with Crippen molar-refractivity contribution >= 4 is 0 Å². The summed E-state index contributed by atoms with van der Waals surface area (Å²) in [5.74, 6) is 2.14. The zero-order valence-electron chi connectivity index (χ0n) is 11.5. The lowest BCUT2D eigenvalue weighted by Gasteiger charge is -2.22. The first-order valence-corrected chi connectivity index (χ1v) is 7.14. The molecule has 0 bridgehead atoms. The summed E-state index contributed by atoms with van der Waals surface area (Å²) >= 11 is 0. The highest BCUT2D eigenvalue weighted by Crippen LogP contribution is 2.23. The molecule has 0 spiro atoms. The van der Waals surface area contributed by atoms with Crippen LogP contribution < -0.4 is 10.1 Å². The van der Waals surface area contributed by atoms with Gasteiger partial charge in [0, 0.05) is 12.4 Å². The van der Waals surface area contributed by atoms with E-state index < -0.39 is 0 Å². The van der Waals surface area contributed by atoms with Gasteiger partial charge >= 0.3 is 0 Å². The van der Waals surface area contributed by atoms with E-state index in [0.717, 1.165) is 31.2 Å². The smallest absolute Gasteiger partial charge is 0.237 e. The molecule has 4 heteroatoms. The van der Waals surface area contributed by atoms with Gasteiger partial charge in [0.25, 0.3) is 0 Å². The van der Waals surface area contributed by atoms with Crippen molar-refractivity contribution in [3.8, 4) is 11.6 Å². The number of piperidine rings is 1. The summed E-state index contributed by atoms with van der Waals surface area (Å²) in [6.45, 7) is 2.28. The highest BCUT2D eigenvalue weighted by molar-refractivity contribution is 5.31. The molecule has 1 saturated heterocycles. The van der Waals surface area contributed by atoms with E-state index in [1.54, 1.807) is 18.6 Å². The van der Waals surface area contributed by atoms with E-state index in [4.69, 9.17) is 4.74 Å². The largest absolute Gasteiger partial charge is 0.437 e. The lowest BCUT2D eigenvalue weighted by molar-refractivity contribution is 0.372. The first kappa shape index (κ1) is 13.1. The normalized spacial score (nSPS) is 16.0. The average molecular weight is 269 g/mol. The number of nitrogens with one attached hydrogen (secondary N) is 1. The minimum absolute atomic E-state index is 0.534. The van der Waals surface area contributed by atoms with Gasteiger partial charge in [-0.25, -0.2) is 4.98 Å². The van der Waals surface area contributed by atoms with Crippen molar-refractivity contribution in [2.45, 2.75) is 19.3 Å². The molecule has 0 amide bonds. The maximum Gasteiger partial charge on any atom is 0.237 e. The van der Waals surface area contributed by atoms with Gasteiger partial charge in [-0.1, -0.05) is 12.1 Å². The number of hydrogen-bond acceptors (Lipinski definition) is 4. The third-order valence-electron chi connectivity index (χ3n) is 3.64. The highest BCUT2D eigenvalue weighted by Gasteiger charge is 2.13. The summed E-state index contributed by atoms with van der Waals surface area (Å²) in [4.78, 5) is 8.13. The highest BCUT2D eigenvalue weighted by atomic mass is 16.5. The zero-order valence-corrected chi connectivity index (χ0v) is 11.5. The summed E-state index contributed by atoms with van der Waals surface area (Å²) in [6.07, 6.45) is 8.54. The molecule has 1 aliphatic rings. The van der Waals surface area contributed by atoms with Gasteiger partial charge in [0.05, 0.1) is 6.20 Å². The van der Waals surface area contributed by atoms with Gasteiger partial charge in [-0.3, -0.25) is 4.98 Å². The van der Waals surface area contributed by atoms with Crippen LogP contribution in [0, 0.1) is 5.92 Å². The summed E-state index contributed by atoms with van der Waals surface area (Å²) in [7, 11) is 0. The van der Waals surface area contributed by atoms with Crippen LogP contribution in [0.4, 0.5) is 0 Å². The van der Waals surface area contributed by atoms with E-state index in [9.17, 15) is 0 Å². The monoisotopic (exact) mass is 269 g/mol. The van der Waals surface area contributed by atoms with E-state index in [1.165, 1.54) is 18.4 Å². The van der Waals surface area contributed by atoms with Crippen molar-refractivity contribution < 1.29 is 4.74 Å². The second-order valence-electron chi connectivity index (χ2n) is 5.19. The molecule has 1 fully saturated rings. The SMILES string of the molecule is c1cc(CC2CCNCC2)cc(Oc2cnccn2)c1. The molecule has 2 heterocycles. The summed E-state index contributed by atoms with van der Waals surface area (Å²) in [5, 5.41) is 3.40. The maximum absolute atomic E-state index is 5.72. The van der Waals surface area contributed by atoms with Crippen LogP contribution in [0.5, 0.6) is 11.6 Å². The molecule has 2 aromatic rings. The third-order valence-corrected chi connectivity index (χ3v) is 3.64. The molecule has 1 N–H and O–H groups in total. The Kier molecular flexibility index (Phi) is 4.23. The predicted molar refractivity (Wildman–Crippen MR) is 77.8 cm³/mol. The summed E-state index contributed by atoms with van der Waals surface area (Å²) in [5.41, 5.74) is 1.33. The van der Waals surface area contributed by atoms with Crippen LogP contribution in [0.15, 0.2) is 42.9 Å². The van der Waals surface area contributed by atoms with Crippen LogP contribution in [0.2, 0.25) is 0 Å². The number of benzene rings is 1. The summed E-state index contributed by atoms with van der Waals surface area (Å²) in [6, 6.07) is 8.28. The molecule has 0 aliphatic carbocycles. The minimum atomic E-state index is 0.534. The van der Waals surface area contributed by atoms with Gasteiger partial charge in [0.2, 0.25) is 5.88 Å². The fraction of sp³-hybridized carbons (Fsp3) is 0.375. The van der Waals surface area contributed by atoms with Gasteiger partial charge in [-0.2, -0.15) is 0 Å². The van der Waals surface area contributed by atoms with Crippen molar-refractivity contribution in [1.82, 2.24) is 15.3 Å². The van der Waals surface area contributed by atoms with Gasteiger partial charge < -0.3 is 10.1 Å². The second-order valence-corrected chi connectivity index (χ2v) is 5.19. The summed E-state index contributed by atoms with van der Waals surface area (Å²) < 4.78 is 5.72. The molecule has 0 saturated carbocycles. The van der Waals surface area contributed by atoms with Crippen molar-refractivity contribution in [3.63, 3.8) is 0 Å². The Balaban J connectivity index is 1.66. The van der Waals surface area contributed by atoms with E-state index >= 15 is 0 Å². The Hall–Kier alpha value is -1.94. The molecule has 3 rings (SSSR count). The number of rotatable bonds is 4. The molecule has 4 nitrogen and oxygen atoms in total. The Morgan fingerprint density at radius 1 is 1.20 bits per heavy atom.